The molecule has 1 aromatic rings. The Morgan fingerprint density at radius 3 is 2.12 bits per heavy atom. The molecule has 0 spiro atoms. The second kappa shape index (κ2) is 15.7. The molecule has 0 aliphatic heterocycles. The molecule has 0 amide bonds. The average molecular weight is 351 g/mol. The summed E-state index contributed by atoms with van der Waals surface area (Å²) in [5.74, 6) is -0.933. The number of nitrogens with two attached hydrogens (primary N) is 3. The number of hydrogen-bond donors (Lipinski definition) is 4. The summed E-state index contributed by atoms with van der Waals surface area (Å²) in [6.45, 7) is 0.604. The highest BCUT2D eigenvalue weighted by Crippen LogP contribution is 2.14. The molecule has 0 bridgehead atoms. The lowest BCUT2D eigenvalue weighted by molar-refractivity contribution is -0.138. The maximum atomic E-state index is 10.1. The zero-order valence-corrected chi connectivity index (χ0v) is 15.0. The molecule has 6 heteroatoms. The molecule has 7 N–H and O–H groups in total. The summed E-state index contributed by atoms with van der Waals surface area (Å²) in [6, 6.07) is 8.92. The van der Waals surface area contributed by atoms with Crippen LogP contribution in [0.4, 0.5) is 0 Å². The van der Waals surface area contributed by atoms with Crippen LogP contribution in [0.15, 0.2) is 30.3 Å². The SMILES string of the molecule is NC1CCCCC1.NCCCC[C@H](N)C(=O)O.O=Cc1ccccc1. The lowest BCUT2D eigenvalue weighted by atomic mass is 9.97. The van der Waals surface area contributed by atoms with Gasteiger partial charge in [-0.2, -0.15) is 0 Å². The fraction of sp³-hybridized carbons (Fsp3) is 0.579. The number of carbonyl (C=O) groups excluding carboxylic acids is 1. The van der Waals surface area contributed by atoms with Gasteiger partial charge in [-0.1, -0.05) is 56.0 Å². The third-order valence-electron chi connectivity index (χ3n) is 3.87. The molecule has 1 atom stereocenters. The summed E-state index contributed by atoms with van der Waals surface area (Å²) in [7, 11) is 0. The third kappa shape index (κ3) is 14.3. The van der Waals surface area contributed by atoms with Gasteiger partial charge in [-0.05, 0) is 32.2 Å². The molecule has 0 radical (unpaired) electrons. The van der Waals surface area contributed by atoms with Crippen LogP contribution < -0.4 is 17.2 Å². The fourth-order valence-corrected chi connectivity index (χ4v) is 2.30. The molecule has 1 aromatic carbocycles. The standard InChI is InChI=1S/C7H6O.C6H14N2O2.C6H13N/c8-6-7-4-2-1-3-5-7;7-4-2-1-3-5(8)6(9)10;7-6-4-2-1-3-5-6/h1-6H;5H,1-4,7-8H2,(H,9,10);6H,1-5,7H2/t;5-;/m.0./s1. The van der Waals surface area contributed by atoms with Crippen LogP contribution in [0.1, 0.15) is 61.7 Å². The third-order valence-corrected chi connectivity index (χ3v) is 3.87. The van der Waals surface area contributed by atoms with Gasteiger partial charge in [0.05, 0.1) is 0 Å². The van der Waals surface area contributed by atoms with E-state index in [-0.39, 0.29) is 0 Å². The molecule has 0 unspecified atom stereocenters. The van der Waals surface area contributed by atoms with Gasteiger partial charge in [-0.15, -0.1) is 0 Å². The summed E-state index contributed by atoms with van der Waals surface area (Å²) in [5, 5.41) is 8.33. The van der Waals surface area contributed by atoms with Gasteiger partial charge in [-0.3, -0.25) is 9.59 Å². The minimum absolute atomic E-state index is 0.520. The van der Waals surface area contributed by atoms with E-state index < -0.39 is 12.0 Å². The molecule has 0 aromatic heterocycles. The van der Waals surface area contributed by atoms with Crippen LogP contribution in [0.5, 0.6) is 0 Å². The summed E-state index contributed by atoms with van der Waals surface area (Å²) in [5.41, 5.74) is 16.8. The Hall–Kier alpha value is -1.76. The van der Waals surface area contributed by atoms with Crippen molar-refractivity contribution in [1.82, 2.24) is 0 Å². The Bertz CT molecular complexity index is 448. The first kappa shape index (κ1) is 23.2. The summed E-state index contributed by atoms with van der Waals surface area (Å²) >= 11 is 0. The second-order valence-corrected chi connectivity index (χ2v) is 6.16. The van der Waals surface area contributed by atoms with Crippen molar-refractivity contribution in [2.24, 2.45) is 17.2 Å². The molecule has 2 rings (SSSR count). The minimum Gasteiger partial charge on any atom is -0.480 e. The van der Waals surface area contributed by atoms with Crippen molar-refractivity contribution in [2.75, 3.05) is 6.54 Å². The van der Waals surface area contributed by atoms with Gasteiger partial charge in [0, 0.05) is 11.6 Å². The van der Waals surface area contributed by atoms with E-state index >= 15 is 0 Å². The molecular formula is C19H33N3O3. The highest BCUT2D eigenvalue weighted by molar-refractivity contribution is 5.74. The smallest absolute Gasteiger partial charge is 0.320 e. The van der Waals surface area contributed by atoms with Crippen molar-refractivity contribution < 1.29 is 14.7 Å². The fourth-order valence-electron chi connectivity index (χ4n) is 2.30. The number of carboxylic acids is 1. The van der Waals surface area contributed by atoms with E-state index in [2.05, 4.69) is 0 Å². The molecule has 0 heterocycles. The molecule has 1 aliphatic rings. The van der Waals surface area contributed by atoms with E-state index in [1.807, 2.05) is 18.2 Å². The maximum Gasteiger partial charge on any atom is 0.320 e. The summed E-state index contributed by atoms with van der Waals surface area (Å²) in [4.78, 5) is 20.1. The number of rotatable bonds is 6. The number of hydrogen-bond acceptors (Lipinski definition) is 5. The maximum absolute atomic E-state index is 10.1. The van der Waals surface area contributed by atoms with Crippen molar-refractivity contribution in [1.29, 1.82) is 0 Å². The molecule has 6 nitrogen and oxygen atoms in total. The Balaban J connectivity index is 0.000000350. The van der Waals surface area contributed by atoms with Gasteiger partial charge in [0.25, 0.3) is 0 Å². The monoisotopic (exact) mass is 351 g/mol. The number of aldehydes is 1. The van der Waals surface area contributed by atoms with Crippen LogP contribution in [0.2, 0.25) is 0 Å². The lowest BCUT2D eigenvalue weighted by Crippen LogP contribution is -2.29. The van der Waals surface area contributed by atoms with Crippen LogP contribution in [0.25, 0.3) is 0 Å². The van der Waals surface area contributed by atoms with Crippen LogP contribution in [-0.2, 0) is 4.79 Å². The van der Waals surface area contributed by atoms with Crippen molar-refractivity contribution >= 4 is 12.3 Å². The summed E-state index contributed by atoms with van der Waals surface area (Å²) in [6.07, 6.45) is 9.66. The Kier molecular flexibility index (Phi) is 14.6. The van der Waals surface area contributed by atoms with E-state index in [4.69, 9.17) is 22.3 Å². The molecular weight excluding hydrogens is 318 g/mol. The van der Waals surface area contributed by atoms with E-state index in [0.717, 1.165) is 24.7 Å². The van der Waals surface area contributed by atoms with Crippen LogP contribution in [0.3, 0.4) is 0 Å². The predicted molar refractivity (Wildman–Crippen MR) is 101 cm³/mol. The van der Waals surface area contributed by atoms with Gasteiger partial charge >= 0.3 is 5.97 Å². The average Bonchev–Trinajstić information content (AvgIpc) is 2.64. The highest BCUT2D eigenvalue weighted by Gasteiger charge is 2.09. The number of carboxylic acid groups (broad SMARTS) is 1. The molecule has 0 saturated heterocycles. The normalized spacial score (nSPS) is 15.0. The highest BCUT2D eigenvalue weighted by atomic mass is 16.4. The number of unbranched alkanes of at least 4 members (excludes halogenated alkanes) is 1. The van der Waals surface area contributed by atoms with Crippen LogP contribution in [0, 0.1) is 0 Å². The Morgan fingerprint density at radius 2 is 1.76 bits per heavy atom. The van der Waals surface area contributed by atoms with Crippen molar-refractivity contribution in [3.05, 3.63) is 35.9 Å². The number of aliphatic carboxylic acids is 1. The predicted octanol–water partition coefficient (Wildman–Crippen LogP) is 2.30. The Labute approximate surface area is 150 Å². The van der Waals surface area contributed by atoms with Crippen LogP contribution in [-0.4, -0.2) is 36.0 Å². The first-order chi connectivity index (χ1) is 12.0. The van der Waals surface area contributed by atoms with Gasteiger partial charge in [0.15, 0.2) is 0 Å². The van der Waals surface area contributed by atoms with E-state index in [1.165, 1.54) is 32.1 Å². The molecule has 1 aliphatic carbocycles. The minimum atomic E-state index is -0.933. The number of carbonyl (C=O) groups is 2. The zero-order valence-electron chi connectivity index (χ0n) is 15.0. The topological polar surface area (TPSA) is 132 Å². The second-order valence-electron chi connectivity index (χ2n) is 6.16. The molecule has 142 valence electrons. The van der Waals surface area contributed by atoms with E-state index in [1.54, 1.807) is 12.1 Å². The first-order valence-corrected chi connectivity index (χ1v) is 8.95. The van der Waals surface area contributed by atoms with E-state index in [0.29, 0.717) is 19.0 Å². The van der Waals surface area contributed by atoms with Crippen molar-refractivity contribution in [3.63, 3.8) is 0 Å². The summed E-state index contributed by atoms with van der Waals surface area (Å²) < 4.78 is 0. The largest absolute Gasteiger partial charge is 0.480 e. The van der Waals surface area contributed by atoms with Crippen molar-refractivity contribution in [2.45, 2.75) is 63.5 Å². The molecule has 1 fully saturated rings. The zero-order chi connectivity index (χ0) is 18.9. The van der Waals surface area contributed by atoms with Gasteiger partial charge in [0.1, 0.15) is 12.3 Å². The van der Waals surface area contributed by atoms with Gasteiger partial charge in [-0.25, -0.2) is 0 Å². The van der Waals surface area contributed by atoms with E-state index in [9.17, 15) is 9.59 Å². The molecule has 1 saturated carbocycles. The van der Waals surface area contributed by atoms with Gasteiger partial charge in [0.2, 0.25) is 0 Å². The van der Waals surface area contributed by atoms with Gasteiger partial charge < -0.3 is 22.3 Å². The van der Waals surface area contributed by atoms with Crippen molar-refractivity contribution in [3.8, 4) is 0 Å². The quantitative estimate of drug-likeness (QED) is 0.459. The lowest BCUT2D eigenvalue weighted by Gasteiger charge is -2.15. The Morgan fingerprint density at radius 1 is 1.16 bits per heavy atom. The molecule has 25 heavy (non-hydrogen) atoms. The first-order valence-electron chi connectivity index (χ1n) is 8.95. The van der Waals surface area contributed by atoms with Crippen LogP contribution >= 0.6 is 0 Å². The number of benzene rings is 1.